The third-order valence-electron chi connectivity index (χ3n) is 7.18. The third-order valence-corrected chi connectivity index (χ3v) is 7.18. The predicted octanol–water partition coefficient (Wildman–Crippen LogP) is 5.53. The zero-order valence-corrected chi connectivity index (χ0v) is 19.0. The highest BCUT2D eigenvalue weighted by atomic mass is 16.4. The largest absolute Gasteiger partial charge is 0.478 e. The van der Waals surface area contributed by atoms with Crippen molar-refractivity contribution in [2.75, 3.05) is 16.8 Å². The van der Waals surface area contributed by atoms with E-state index in [9.17, 15) is 14.7 Å². The summed E-state index contributed by atoms with van der Waals surface area (Å²) in [7, 11) is 0. The van der Waals surface area contributed by atoms with Crippen LogP contribution in [0.2, 0.25) is 0 Å². The normalized spacial score (nSPS) is 20.4. The SMILES string of the molecule is Cc1cc([C@@H](C)Nc2ccccc2C(=O)O)c2oc3c(N4CC5CC(C5)C4=O)ccnc3c2c1. The molecule has 0 spiro atoms. The van der Waals surface area contributed by atoms with Gasteiger partial charge in [-0.15, -0.1) is 0 Å². The van der Waals surface area contributed by atoms with E-state index in [0.717, 1.165) is 47.1 Å². The van der Waals surface area contributed by atoms with Gasteiger partial charge in [-0.1, -0.05) is 18.2 Å². The minimum atomic E-state index is -0.980. The number of aryl methyl sites for hydroxylation is 1. The fourth-order valence-corrected chi connectivity index (χ4v) is 5.44. The molecule has 4 aromatic rings. The molecule has 2 aromatic carbocycles. The number of aromatic nitrogens is 1. The number of pyridine rings is 1. The standard InChI is InChI=1S/C27H25N3O4/c1-14-9-19(15(2)29-21-6-4-3-5-18(21)27(32)33)24-20(10-14)23-25(34-24)22(7-8-28-23)30-13-16-11-17(12-16)26(30)31/h3-10,15-17,29H,11-13H2,1-2H3,(H,32,33)/t15-,16?,17?/m1/s1. The second kappa shape index (κ2) is 7.58. The predicted molar refractivity (Wildman–Crippen MR) is 130 cm³/mol. The summed E-state index contributed by atoms with van der Waals surface area (Å²) in [6, 6.07) is 12.6. The maximum absolute atomic E-state index is 12.9. The topological polar surface area (TPSA) is 95.7 Å². The Morgan fingerprint density at radius 3 is 2.76 bits per heavy atom. The maximum Gasteiger partial charge on any atom is 0.337 e. The number of aromatic carboxylic acids is 1. The average molecular weight is 456 g/mol. The molecule has 2 saturated heterocycles. The lowest BCUT2D eigenvalue weighted by Gasteiger charge is -2.46. The molecule has 1 atom stereocenters. The molecule has 7 rings (SSSR count). The van der Waals surface area contributed by atoms with Crippen molar-refractivity contribution in [3.05, 3.63) is 65.4 Å². The van der Waals surface area contributed by atoms with E-state index in [0.29, 0.717) is 22.8 Å². The Morgan fingerprint density at radius 1 is 1.21 bits per heavy atom. The average Bonchev–Trinajstić information content (AvgIpc) is 3.16. The first-order valence-corrected chi connectivity index (χ1v) is 11.6. The molecular formula is C27H25N3O4. The molecule has 3 fully saturated rings. The Kier molecular flexibility index (Phi) is 4.62. The van der Waals surface area contributed by atoms with E-state index in [1.807, 2.05) is 36.9 Å². The first kappa shape index (κ1) is 20.7. The van der Waals surface area contributed by atoms with Crippen LogP contribution in [0.4, 0.5) is 11.4 Å². The van der Waals surface area contributed by atoms with Gasteiger partial charge in [-0.3, -0.25) is 9.78 Å². The van der Waals surface area contributed by atoms with Crippen molar-refractivity contribution >= 4 is 45.3 Å². The lowest BCUT2D eigenvalue weighted by atomic mass is 9.70. The lowest BCUT2D eigenvalue weighted by Crippen LogP contribution is -2.53. The van der Waals surface area contributed by atoms with Gasteiger partial charge in [0.25, 0.3) is 0 Å². The second-order valence-electron chi connectivity index (χ2n) is 9.54. The minimum absolute atomic E-state index is 0.127. The molecule has 2 aromatic heterocycles. The maximum atomic E-state index is 12.9. The number of carboxylic acid groups (broad SMARTS) is 1. The Labute approximate surface area is 196 Å². The first-order chi connectivity index (χ1) is 16.4. The van der Waals surface area contributed by atoms with Crippen LogP contribution >= 0.6 is 0 Å². The number of para-hydroxylation sites is 1. The summed E-state index contributed by atoms with van der Waals surface area (Å²) in [4.78, 5) is 31.1. The van der Waals surface area contributed by atoms with Gasteiger partial charge in [0, 0.05) is 35.3 Å². The van der Waals surface area contributed by atoms with Crippen LogP contribution in [0.15, 0.2) is 53.1 Å². The smallest absolute Gasteiger partial charge is 0.337 e. The third kappa shape index (κ3) is 3.15. The molecule has 0 radical (unpaired) electrons. The van der Waals surface area contributed by atoms with Crippen LogP contribution in [-0.4, -0.2) is 28.5 Å². The second-order valence-corrected chi connectivity index (χ2v) is 9.54. The molecule has 34 heavy (non-hydrogen) atoms. The Balaban J connectivity index is 1.46. The number of rotatable bonds is 5. The number of furan rings is 1. The van der Waals surface area contributed by atoms with E-state index in [1.54, 1.807) is 24.4 Å². The molecule has 2 aliphatic heterocycles. The fourth-order valence-electron chi connectivity index (χ4n) is 5.44. The molecule has 1 amide bonds. The minimum Gasteiger partial charge on any atom is -0.478 e. The van der Waals surface area contributed by atoms with E-state index < -0.39 is 5.97 Å². The van der Waals surface area contributed by atoms with E-state index >= 15 is 0 Å². The summed E-state index contributed by atoms with van der Waals surface area (Å²) in [5.74, 6) is -0.118. The molecule has 4 heterocycles. The van der Waals surface area contributed by atoms with Crippen LogP contribution in [0.5, 0.6) is 0 Å². The molecule has 172 valence electrons. The van der Waals surface area contributed by atoms with Gasteiger partial charge in [0.05, 0.1) is 17.3 Å². The fraction of sp³-hybridized carbons (Fsp3) is 0.296. The highest BCUT2D eigenvalue weighted by molar-refractivity contribution is 6.11. The highest BCUT2D eigenvalue weighted by Crippen LogP contribution is 2.45. The van der Waals surface area contributed by atoms with Gasteiger partial charge in [0.1, 0.15) is 11.1 Å². The number of carbonyl (C=O) groups is 2. The van der Waals surface area contributed by atoms with Crippen molar-refractivity contribution in [2.45, 2.75) is 32.7 Å². The molecule has 2 bridgehead atoms. The number of fused-ring (bicyclic) bond motifs is 5. The number of carbonyl (C=O) groups excluding carboxylic acids is 1. The van der Waals surface area contributed by atoms with Crippen LogP contribution in [-0.2, 0) is 4.79 Å². The number of benzene rings is 2. The number of amides is 1. The number of carboxylic acids is 1. The highest BCUT2D eigenvalue weighted by Gasteiger charge is 2.44. The van der Waals surface area contributed by atoms with Crippen LogP contribution < -0.4 is 10.2 Å². The monoisotopic (exact) mass is 455 g/mol. The number of hydrogen-bond acceptors (Lipinski definition) is 5. The van der Waals surface area contributed by atoms with Crippen molar-refractivity contribution in [1.82, 2.24) is 4.98 Å². The Bertz CT molecular complexity index is 1470. The van der Waals surface area contributed by atoms with Crippen molar-refractivity contribution in [3.8, 4) is 0 Å². The summed E-state index contributed by atoms with van der Waals surface area (Å²) >= 11 is 0. The molecular weight excluding hydrogens is 430 g/mol. The van der Waals surface area contributed by atoms with E-state index in [2.05, 4.69) is 16.4 Å². The van der Waals surface area contributed by atoms with Gasteiger partial charge in [0.2, 0.25) is 5.91 Å². The van der Waals surface area contributed by atoms with Crippen molar-refractivity contribution in [1.29, 1.82) is 0 Å². The zero-order chi connectivity index (χ0) is 23.6. The number of anilines is 2. The van der Waals surface area contributed by atoms with Crippen LogP contribution in [0.25, 0.3) is 22.1 Å². The molecule has 7 heteroatoms. The first-order valence-electron chi connectivity index (χ1n) is 11.6. The number of piperidine rings is 2. The summed E-state index contributed by atoms with van der Waals surface area (Å²) in [6.45, 7) is 4.72. The van der Waals surface area contributed by atoms with Gasteiger partial charge >= 0.3 is 5.97 Å². The van der Waals surface area contributed by atoms with E-state index in [4.69, 9.17) is 4.42 Å². The van der Waals surface area contributed by atoms with Crippen molar-refractivity contribution in [3.63, 3.8) is 0 Å². The molecule has 3 aliphatic rings. The van der Waals surface area contributed by atoms with Gasteiger partial charge in [0.15, 0.2) is 5.58 Å². The molecule has 1 saturated carbocycles. The summed E-state index contributed by atoms with van der Waals surface area (Å²) < 4.78 is 6.45. The molecule has 0 unspecified atom stereocenters. The Hall–Kier alpha value is -3.87. The summed E-state index contributed by atoms with van der Waals surface area (Å²) in [5.41, 5.74) is 5.56. The van der Waals surface area contributed by atoms with Gasteiger partial charge in [-0.2, -0.15) is 0 Å². The van der Waals surface area contributed by atoms with Crippen LogP contribution in [0.1, 0.15) is 47.3 Å². The number of nitrogens with one attached hydrogen (secondary N) is 1. The number of nitrogens with zero attached hydrogens (tertiary/aromatic N) is 2. The lowest BCUT2D eigenvalue weighted by molar-refractivity contribution is -0.129. The molecule has 2 N–H and O–H groups in total. The van der Waals surface area contributed by atoms with Gasteiger partial charge in [-0.05, 0) is 62.4 Å². The summed E-state index contributed by atoms with van der Waals surface area (Å²) in [6.07, 6.45) is 3.73. The Morgan fingerprint density at radius 2 is 2.00 bits per heavy atom. The van der Waals surface area contributed by atoms with E-state index in [1.165, 1.54) is 0 Å². The van der Waals surface area contributed by atoms with Gasteiger partial charge in [-0.25, -0.2) is 4.79 Å². The molecule has 1 aliphatic carbocycles. The van der Waals surface area contributed by atoms with Crippen molar-refractivity contribution < 1.29 is 19.1 Å². The van der Waals surface area contributed by atoms with Crippen LogP contribution in [0.3, 0.4) is 0 Å². The quantitative estimate of drug-likeness (QED) is 0.411. The van der Waals surface area contributed by atoms with Crippen molar-refractivity contribution in [2.24, 2.45) is 11.8 Å². The van der Waals surface area contributed by atoms with Gasteiger partial charge < -0.3 is 19.7 Å². The van der Waals surface area contributed by atoms with Crippen LogP contribution in [0, 0.1) is 18.8 Å². The summed E-state index contributed by atoms with van der Waals surface area (Å²) in [5, 5.41) is 13.8. The molecule has 7 nitrogen and oxygen atoms in total. The number of hydrogen-bond donors (Lipinski definition) is 2. The zero-order valence-electron chi connectivity index (χ0n) is 19.0. The van der Waals surface area contributed by atoms with E-state index in [-0.39, 0.29) is 23.4 Å².